The molecule has 216 valence electrons. The van der Waals surface area contributed by atoms with Gasteiger partial charge in [0.25, 0.3) is 5.69 Å². The van der Waals surface area contributed by atoms with E-state index in [1.54, 1.807) is 45.0 Å². The predicted octanol–water partition coefficient (Wildman–Crippen LogP) is 4.26. The van der Waals surface area contributed by atoms with Crippen molar-refractivity contribution >= 4 is 29.8 Å². The largest absolute Gasteiger partial charge is 0.623 e. The Bertz CT molecular complexity index is 1350. The number of non-ortho nitro benzene ring substituents is 1. The highest BCUT2D eigenvalue weighted by Crippen LogP contribution is 2.31. The lowest BCUT2D eigenvalue weighted by Crippen LogP contribution is -2.41. The fourth-order valence-corrected chi connectivity index (χ4v) is 3.71. The molecule has 0 amide bonds. The Morgan fingerprint density at radius 1 is 1.00 bits per heavy atom. The van der Waals surface area contributed by atoms with Crippen LogP contribution in [0.2, 0.25) is 0 Å². The number of allylic oxidation sites excluding steroid dienone is 1. The molecule has 0 saturated carbocycles. The summed E-state index contributed by atoms with van der Waals surface area (Å²) in [5.41, 5.74) is -0.398. The number of methoxy groups -OCH3 is 1. The van der Waals surface area contributed by atoms with Gasteiger partial charge in [-0.3, -0.25) is 19.7 Å². The number of ether oxygens (including phenoxy) is 3. The molecule has 0 bridgehead atoms. The van der Waals surface area contributed by atoms with Crippen LogP contribution in [0, 0.1) is 32.6 Å². The van der Waals surface area contributed by atoms with Gasteiger partial charge in [-0.1, -0.05) is 30.0 Å². The highest BCUT2D eigenvalue weighted by Gasteiger charge is 2.47. The summed E-state index contributed by atoms with van der Waals surface area (Å²) < 4.78 is 15.6. The molecule has 0 radical (unpaired) electrons. The minimum Gasteiger partial charge on any atom is -0.623 e. The number of rotatable bonds is 12. The average Bonchev–Trinajstić information content (AvgIpc) is 2.96. The Labute approximate surface area is 238 Å². The third-order valence-electron chi connectivity index (χ3n) is 6.06. The van der Waals surface area contributed by atoms with Crippen LogP contribution in [0.15, 0.2) is 60.7 Å². The number of carbonyl (C=O) groups excluding carboxylic acids is 3. The molecule has 0 N–H and O–H groups in total. The van der Waals surface area contributed by atoms with Crippen molar-refractivity contribution in [3.05, 3.63) is 92.7 Å². The van der Waals surface area contributed by atoms with E-state index in [2.05, 4.69) is 16.6 Å². The average molecular weight is 565 g/mol. The maximum atomic E-state index is 13.0. The van der Waals surface area contributed by atoms with Crippen LogP contribution >= 0.6 is 0 Å². The summed E-state index contributed by atoms with van der Waals surface area (Å²) in [4.78, 5) is 48.0. The Hall–Kier alpha value is -4.98. The van der Waals surface area contributed by atoms with Gasteiger partial charge >= 0.3 is 17.9 Å². The van der Waals surface area contributed by atoms with Crippen molar-refractivity contribution in [1.29, 1.82) is 0 Å². The number of carbonyl (C=O) groups is 3. The Morgan fingerprint density at radius 3 is 2.17 bits per heavy atom. The number of nitrogens with zero attached hydrogens (tertiary/aromatic N) is 2. The summed E-state index contributed by atoms with van der Waals surface area (Å²) in [7, 11) is 1.20. The van der Waals surface area contributed by atoms with Crippen LogP contribution in [0.1, 0.15) is 56.3 Å². The van der Waals surface area contributed by atoms with Gasteiger partial charge in [-0.15, -0.1) is 0 Å². The van der Waals surface area contributed by atoms with Crippen molar-refractivity contribution in [2.45, 2.75) is 39.7 Å². The van der Waals surface area contributed by atoms with E-state index in [4.69, 9.17) is 9.47 Å². The van der Waals surface area contributed by atoms with Gasteiger partial charge in [0.15, 0.2) is 17.7 Å². The van der Waals surface area contributed by atoms with Crippen LogP contribution in [-0.2, 0) is 28.6 Å². The monoisotopic (exact) mass is 564 g/mol. The van der Waals surface area contributed by atoms with Crippen LogP contribution < -0.4 is 0 Å². The highest BCUT2D eigenvalue weighted by molar-refractivity contribution is 6.00. The lowest BCUT2D eigenvalue weighted by Gasteiger charge is -2.26. The first-order valence-electron chi connectivity index (χ1n) is 12.8. The maximum absolute atomic E-state index is 13.0. The summed E-state index contributed by atoms with van der Waals surface area (Å²) >= 11 is 0. The van der Waals surface area contributed by atoms with E-state index in [9.17, 15) is 29.7 Å². The van der Waals surface area contributed by atoms with Gasteiger partial charge in [0.05, 0.1) is 30.8 Å². The number of hydroxylamine groups is 1. The Morgan fingerprint density at radius 2 is 1.61 bits per heavy atom. The summed E-state index contributed by atoms with van der Waals surface area (Å²) in [5, 5.41) is 23.9. The molecule has 0 aromatic heterocycles. The molecule has 2 aromatic carbocycles. The molecule has 0 aliphatic carbocycles. The number of hydrogen-bond acceptors (Lipinski definition) is 9. The summed E-state index contributed by atoms with van der Waals surface area (Å²) in [6, 6.07) is 11.9. The van der Waals surface area contributed by atoms with E-state index in [1.807, 2.05) is 0 Å². The molecule has 0 heterocycles. The lowest BCUT2D eigenvalue weighted by molar-refractivity contribution is -0.498. The predicted molar refractivity (Wildman–Crippen MR) is 150 cm³/mol. The molecule has 0 fully saturated rings. The second-order valence-electron chi connectivity index (χ2n) is 8.73. The third-order valence-corrected chi connectivity index (χ3v) is 6.06. The number of esters is 3. The van der Waals surface area contributed by atoms with Gasteiger partial charge in [-0.05, 0) is 44.5 Å². The lowest BCUT2D eigenvalue weighted by atomic mass is 9.80. The standard InChI is InChI=1S/C30H32N2O9/c1-5-40-28(34)30(29(35)41-6-2,20-10-14-27(33)39-4)19-9-13-24-11-7-8-12-25(24)21-31(36)22(3)23-15-17-26(18-16-23)32(37)38/h7-8,10-12,14-18,21-22H,5-6,19-20H2,1-4H3/b14-10+,31-21-/t22-/m0/s1. The zero-order valence-electron chi connectivity index (χ0n) is 23.3. The van der Waals surface area contributed by atoms with E-state index >= 15 is 0 Å². The fraction of sp³-hybridized carbons (Fsp3) is 0.333. The molecule has 0 aliphatic heterocycles. The first-order chi connectivity index (χ1) is 19.6. The van der Waals surface area contributed by atoms with Gasteiger partial charge in [-0.25, -0.2) is 9.53 Å². The van der Waals surface area contributed by atoms with Crippen molar-refractivity contribution < 1.29 is 38.3 Å². The molecular weight excluding hydrogens is 532 g/mol. The topological polar surface area (TPSA) is 148 Å². The van der Waals surface area contributed by atoms with Crippen LogP contribution in [0.3, 0.4) is 0 Å². The number of nitro groups is 1. The summed E-state index contributed by atoms with van der Waals surface area (Å²) in [6.45, 7) is 4.88. The van der Waals surface area contributed by atoms with E-state index < -0.39 is 34.3 Å². The van der Waals surface area contributed by atoms with Gasteiger partial charge in [-0.2, -0.15) is 0 Å². The highest BCUT2D eigenvalue weighted by atomic mass is 16.6. The zero-order chi connectivity index (χ0) is 30.4. The number of nitro benzene ring substituents is 1. The zero-order valence-corrected chi connectivity index (χ0v) is 23.3. The molecular formula is C30H32N2O9. The maximum Gasteiger partial charge on any atom is 0.330 e. The Balaban J connectivity index is 2.43. The summed E-state index contributed by atoms with van der Waals surface area (Å²) in [6.07, 6.45) is 3.27. The normalized spacial score (nSPS) is 12.1. The van der Waals surface area contributed by atoms with Crippen LogP contribution in [0.4, 0.5) is 5.69 Å². The van der Waals surface area contributed by atoms with E-state index in [-0.39, 0.29) is 31.7 Å². The molecule has 0 aliphatic rings. The quantitative estimate of drug-likeness (QED) is 0.0352. The van der Waals surface area contributed by atoms with Crippen molar-refractivity contribution in [2.75, 3.05) is 20.3 Å². The minimum atomic E-state index is -1.84. The molecule has 2 aromatic rings. The molecule has 41 heavy (non-hydrogen) atoms. The molecule has 0 unspecified atom stereocenters. The molecule has 1 atom stereocenters. The molecule has 0 spiro atoms. The van der Waals surface area contributed by atoms with Crippen molar-refractivity contribution in [3.8, 4) is 11.8 Å². The van der Waals surface area contributed by atoms with E-state index in [0.717, 1.165) is 6.08 Å². The second-order valence-corrected chi connectivity index (χ2v) is 8.73. The van der Waals surface area contributed by atoms with Crippen LogP contribution in [0.25, 0.3) is 0 Å². The second kappa shape index (κ2) is 15.6. The van der Waals surface area contributed by atoms with Crippen LogP contribution in [0.5, 0.6) is 0 Å². The number of hydrogen-bond donors (Lipinski definition) is 0. The molecule has 2 rings (SSSR count). The first-order valence-corrected chi connectivity index (χ1v) is 12.8. The fourth-order valence-electron chi connectivity index (χ4n) is 3.71. The first kappa shape index (κ1) is 32.2. The molecule has 11 nitrogen and oxygen atoms in total. The van der Waals surface area contributed by atoms with Crippen LogP contribution in [-0.4, -0.2) is 54.1 Å². The van der Waals surface area contributed by atoms with Gasteiger partial charge in [0.2, 0.25) is 0 Å². The smallest absolute Gasteiger partial charge is 0.330 e. The number of benzene rings is 2. The summed E-state index contributed by atoms with van der Waals surface area (Å²) in [5.74, 6) is 3.44. The SMILES string of the molecule is CCOC(=O)C(CC#Cc1ccccc1/C=[N+](\[O-])[C@@H](C)c1ccc([N+](=O)[O-])cc1)(C/C=C/C(=O)OC)C(=O)OCC. The van der Waals surface area contributed by atoms with Gasteiger partial charge in [0, 0.05) is 42.7 Å². The van der Waals surface area contributed by atoms with E-state index in [0.29, 0.717) is 21.4 Å². The molecule has 0 saturated heterocycles. The van der Waals surface area contributed by atoms with Crippen molar-refractivity contribution in [2.24, 2.45) is 5.41 Å². The van der Waals surface area contributed by atoms with Crippen molar-refractivity contribution in [3.63, 3.8) is 0 Å². The Kier molecular flexibility index (Phi) is 12.2. The van der Waals surface area contributed by atoms with Crippen molar-refractivity contribution in [1.82, 2.24) is 0 Å². The van der Waals surface area contributed by atoms with E-state index in [1.165, 1.54) is 43.7 Å². The third kappa shape index (κ3) is 8.76. The molecule has 11 heteroatoms. The van der Waals surface area contributed by atoms with Gasteiger partial charge < -0.3 is 19.4 Å². The van der Waals surface area contributed by atoms with Gasteiger partial charge in [0.1, 0.15) is 0 Å². The minimum absolute atomic E-state index is 0.0121.